The van der Waals surface area contributed by atoms with Crippen LogP contribution in [-0.4, -0.2) is 23.5 Å². The highest BCUT2D eigenvalue weighted by Gasteiger charge is 2.50. The number of carbonyl (C=O) groups excluding carboxylic acids is 2. The molecule has 0 aliphatic heterocycles. The molecule has 0 saturated carbocycles. The fraction of sp³-hybridized carbons (Fsp3) is 0.176. The molecule has 0 spiro atoms. The van der Waals surface area contributed by atoms with Crippen LogP contribution >= 0.6 is 0 Å². The molecule has 0 radical (unpaired) electrons. The van der Waals surface area contributed by atoms with E-state index in [1.807, 2.05) is 12.1 Å². The monoisotopic (exact) mass is 282 g/mol. The minimum absolute atomic E-state index is 0.152. The van der Waals surface area contributed by atoms with E-state index in [0.29, 0.717) is 16.5 Å². The molecular formula is C17H14O4. The zero-order valence-electron chi connectivity index (χ0n) is 11.6. The van der Waals surface area contributed by atoms with Crippen molar-refractivity contribution in [2.24, 2.45) is 0 Å². The second kappa shape index (κ2) is 4.53. The van der Waals surface area contributed by atoms with Crippen LogP contribution in [0.5, 0.6) is 0 Å². The van der Waals surface area contributed by atoms with Crippen molar-refractivity contribution in [2.45, 2.75) is 12.5 Å². The van der Waals surface area contributed by atoms with E-state index in [0.717, 1.165) is 5.39 Å². The maximum atomic E-state index is 12.6. The van der Waals surface area contributed by atoms with Crippen molar-refractivity contribution < 1.29 is 19.4 Å². The van der Waals surface area contributed by atoms with Gasteiger partial charge in [0.25, 0.3) is 0 Å². The van der Waals surface area contributed by atoms with Gasteiger partial charge in [0, 0.05) is 11.1 Å². The second-order valence-electron chi connectivity index (χ2n) is 4.95. The molecular weight excluding hydrogens is 268 g/mol. The summed E-state index contributed by atoms with van der Waals surface area (Å²) in [5, 5.41) is 12.4. The number of benzene rings is 2. The molecule has 1 aliphatic carbocycles. The molecule has 1 aliphatic rings. The van der Waals surface area contributed by atoms with Crippen molar-refractivity contribution in [1.82, 2.24) is 0 Å². The lowest BCUT2D eigenvalue weighted by molar-refractivity contribution is -0.140. The fourth-order valence-electron chi connectivity index (χ4n) is 2.81. The Morgan fingerprint density at radius 1 is 1.29 bits per heavy atom. The summed E-state index contributed by atoms with van der Waals surface area (Å²) in [6.07, 6.45) is 0. The number of Topliss-reactive ketones (excluding diaryl/α,β-unsaturated/α-hetero) is 1. The summed E-state index contributed by atoms with van der Waals surface area (Å²) in [6.45, 7) is 5.41. The molecule has 1 atom stereocenters. The van der Waals surface area contributed by atoms with Crippen molar-refractivity contribution in [3.8, 4) is 0 Å². The van der Waals surface area contributed by atoms with E-state index >= 15 is 0 Å². The molecule has 4 heteroatoms. The van der Waals surface area contributed by atoms with Crippen molar-refractivity contribution in [2.75, 3.05) is 6.61 Å². The van der Waals surface area contributed by atoms with E-state index in [4.69, 9.17) is 4.74 Å². The first-order valence-electron chi connectivity index (χ1n) is 6.67. The van der Waals surface area contributed by atoms with E-state index in [1.165, 1.54) is 0 Å². The van der Waals surface area contributed by atoms with Crippen LogP contribution in [0.4, 0.5) is 0 Å². The van der Waals surface area contributed by atoms with E-state index < -0.39 is 17.4 Å². The molecule has 2 aromatic carbocycles. The smallest absolute Gasteiger partial charge is 0.337 e. The van der Waals surface area contributed by atoms with Crippen LogP contribution in [0.15, 0.2) is 48.6 Å². The Bertz CT molecular complexity index is 785. The molecule has 1 unspecified atom stereocenters. The summed E-state index contributed by atoms with van der Waals surface area (Å²) in [6, 6.07) is 10.5. The summed E-state index contributed by atoms with van der Waals surface area (Å²) in [5.74, 6) is -1.30. The summed E-state index contributed by atoms with van der Waals surface area (Å²) < 4.78 is 4.87. The lowest BCUT2D eigenvalue weighted by Crippen LogP contribution is -2.37. The SMILES string of the molecule is C=C(C(=O)OCC)C1(O)C(=O)c2cccc3cccc1c23. The standard InChI is InChI=1S/C17H14O4/c1-3-21-16(19)10(2)17(20)13-9-5-7-11-6-4-8-12(14(11)13)15(17)18/h4-9,20H,2-3H2,1H3. The maximum absolute atomic E-state index is 12.6. The van der Waals surface area contributed by atoms with E-state index in [9.17, 15) is 14.7 Å². The third-order valence-corrected chi connectivity index (χ3v) is 3.83. The van der Waals surface area contributed by atoms with E-state index in [1.54, 1.807) is 31.2 Å². The lowest BCUT2D eigenvalue weighted by Gasteiger charge is -2.23. The molecule has 0 aromatic heterocycles. The molecule has 3 rings (SSSR count). The quantitative estimate of drug-likeness (QED) is 0.693. The van der Waals surface area contributed by atoms with Gasteiger partial charge in [0.1, 0.15) is 0 Å². The molecule has 0 saturated heterocycles. The molecule has 2 aromatic rings. The average molecular weight is 282 g/mol. The molecule has 0 fully saturated rings. The minimum atomic E-state index is -2.05. The van der Waals surface area contributed by atoms with Crippen LogP contribution in [-0.2, 0) is 15.1 Å². The molecule has 1 N–H and O–H groups in total. The van der Waals surface area contributed by atoms with Crippen molar-refractivity contribution >= 4 is 22.5 Å². The van der Waals surface area contributed by atoms with Gasteiger partial charge in [-0.3, -0.25) is 4.79 Å². The Balaban J connectivity index is 2.24. The number of aliphatic hydroxyl groups is 1. The second-order valence-corrected chi connectivity index (χ2v) is 4.95. The molecule has 0 bridgehead atoms. The van der Waals surface area contributed by atoms with E-state index in [2.05, 4.69) is 6.58 Å². The number of carbonyl (C=O) groups is 2. The Morgan fingerprint density at radius 3 is 2.62 bits per heavy atom. The lowest BCUT2D eigenvalue weighted by atomic mass is 9.86. The Labute approximate surface area is 121 Å². The summed E-state index contributed by atoms with van der Waals surface area (Å²) in [4.78, 5) is 24.5. The fourth-order valence-corrected chi connectivity index (χ4v) is 2.81. The van der Waals surface area contributed by atoms with Crippen LogP contribution in [0.2, 0.25) is 0 Å². The van der Waals surface area contributed by atoms with Crippen LogP contribution in [0.3, 0.4) is 0 Å². The van der Waals surface area contributed by atoms with Crippen molar-refractivity contribution in [1.29, 1.82) is 0 Å². The van der Waals surface area contributed by atoms with Crippen LogP contribution in [0.25, 0.3) is 10.8 Å². The summed E-state index contributed by atoms with van der Waals surface area (Å²) in [5.41, 5.74) is -1.51. The molecule has 4 nitrogen and oxygen atoms in total. The van der Waals surface area contributed by atoms with Gasteiger partial charge in [-0.25, -0.2) is 4.79 Å². The number of ketones is 1. The highest BCUT2D eigenvalue weighted by Crippen LogP contribution is 2.44. The van der Waals surface area contributed by atoms with Gasteiger partial charge in [0.15, 0.2) is 5.60 Å². The van der Waals surface area contributed by atoms with Gasteiger partial charge in [-0.2, -0.15) is 0 Å². The van der Waals surface area contributed by atoms with Crippen LogP contribution < -0.4 is 0 Å². The predicted molar refractivity (Wildman–Crippen MR) is 77.9 cm³/mol. The van der Waals surface area contributed by atoms with Gasteiger partial charge in [0.2, 0.25) is 5.78 Å². The topological polar surface area (TPSA) is 63.6 Å². The zero-order valence-corrected chi connectivity index (χ0v) is 11.6. The summed E-state index contributed by atoms with van der Waals surface area (Å²) in [7, 11) is 0. The third-order valence-electron chi connectivity index (χ3n) is 3.83. The molecule has 21 heavy (non-hydrogen) atoms. The third kappa shape index (κ3) is 1.66. The van der Waals surface area contributed by atoms with Gasteiger partial charge in [0.05, 0.1) is 12.2 Å². The van der Waals surface area contributed by atoms with Gasteiger partial charge >= 0.3 is 5.97 Å². The number of hydrogen-bond donors (Lipinski definition) is 1. The number of esters is 1. The first-order chi connectivity index (χ1) is 10.0. The minimum Gasteiger partial charge on any atom is -0.463 e. The summed E-state index contributed by atoms with van der Waals surface area (Å²) >= 11 is 0. The highest BCUT2D eigenvalue weighted by molar-refractivity contribution is 6.23. The normalized spacial score (nSPS) is 19.8. The first-order valence-corrected chi connectivity index (χ1v) is 6.67. The number of hydrogen-bond acceptors (Lipinski definition) is 4. The van der Waals surface area contributed by atoms with Crippen molar-refractivity contribution in [3.05, 3.63) is 59.7 Å². The Kier molecular flexibility index (Phi) is 2.92. The molecule has 106 valence electrons. The van der Waals surface area contributed by atoms with Crippen molar-refractivity contribution in [3.63, 3.8) is 0 Å². The highest BCUT2D eigenvalue weighted by atomic mass is 16.5. The largest absolute Gasteiger partial charge is 0.463 e. The first kappa shape index (κ1) is 13.5. The number of rotatable bonds is 3. The molecule has 0 amide bonds. The zero-order chi connectivity index (χ0) is 15.2. The van der Waals surface area contributed by atoms with Crippen LogP contribution in [0, 0.1) is 0 Å². The van der Waals surface area contributed by atoms with Gasteiger partial charge < -0.3 is 9.84 Å². The Morgan fingerprint density at radius 2 is 1.95 bits per heavy atom. The average Bonchev–Trinajstić information content (AvgIpc) is 2.72. The number of ether oxygens (including phenoxy) is 1. The molecule has 0 heterocycles. The predicted octanol–water partition coefficient (Wildman–Crippen LogP) is 2.34. The van der Waals surface area contributed by atoms with Gasteiger partial charge in [-0.1, -0.05) is 43.0 Å². The van der Waals surface area contributed by atoms with Gasteiger partial charge in [-0.15, -0.1) is 0 Å². The Hall–Kier alpha value is -2.46. The maximum Gasteiger partial charge on any atom is 0.337 e. The van der Waals surface area contributed by atoms with Gasteiger partial charge in [-0.05, 0) is 17.7 Å². The van der Waals surface area contributed by atoms with Crippen LogP contribution in [0.1, 0.15) is 22.8 Å². The van der Waals surface area contributed by atoms with E-state index in [-0.39, 0.29) is 12.2 Å².